The fraction of sp³-hybridized carbons (Fsp3) is 0.167. The highest BCUT2D eigenvalue weighted by atomic mass is 79.9. The summed E-state index contributed by atoms with van der Waals surface area (Å²) in [7, 11) is 0. The van der Waals surface area contributed by atoms with Gasteiger partial charge in [-0.25, -0.2) is 0 Å². The molecule has 0 amide bonds. The van der Waals surface area contributed by atoms with Crippen molar-refractivity contribution in [3.63, 3.8) is 0 Å². The van der Waals surface area contributed by atoms with Crippen LogP contribution in [0.1, 0.15) is 5.56 Å². The third kappa shape index (κ3) is 5.00. The lowest BCUT2D eigenvalue weighted by atomic mass is 10.1. The number of hydrogen-bond donors (Lipinski definition) is 2. The zero-order valence-electron chi connectivity index (χ0n) is 8.88. The average molecular weight is 283 g/mol. The van der Waals surface area contributed by atoms with Gasteiger partial charge in [0.25, 0.3) is 0 Å². The Labute approximate surface area is 104 Å². The lowest BCUT2D eigenvalue weighted by molar-refractivity contribution is 0.475. The van der Waals surface area contributed by atoms with E-state index in [9.17, 15) is 0 Å². The second-order valence-corrected chi connectivity index (χ2v) is 4.05. The average Bonchev–Trinajstić information content (AvgIpc) is 2.74. The Morgan fingerprint density at radius 2 is 1.69 bits per heavy atom. The van der Waals surface area contributed by atoms with Gasteiger partial charge in [0.05, 0.1) is 16.1 Å². The molecule has 0 bridgehead atoms. The van der Waals surface area contributed by atoms with Crippen LogP contribution in [0.15, 0.2) is 48.8 Å². The normalized spacial score (nSPS) is 9.38. The molecule has 2 rings (SSSR count). The number of nitrogens with two attached hydrogens (primary N) is 1. The van der Waals surface area contributed by atoms with E-state index in [4.69, 9.17) is 10.8 Å². The van der Waals surface area contributed by atoms with Gasteiger partial charge >= 0.3 is 0 Å². The molecule has 0 aliphatic heterocycles. The van der Waals surface area contributed by atoms with E-state index >= 15 is 0 Å². The molecule has 0 saturated carbocycles. The molecule has 86 valence electrons. The Morgan fingerprint density at radius 3 is 2.06 bits per heavy atom. The molecular formula is C12H15BrN2O. The molecule has 0 atom stereocenters. The fourth-order valence-corrected chi connectivity index (χ4v) is 1.42. The first-order valence-corrected chi connectivity index (χ1v) is 5.70. The summed E-state index contributed by atoms with van der Waals surface area (Å²) in [5.74, 6) is 0.306. The fourth-order valence-electron chi connectivity index (χ4n) is 1.14. The molecular weight excluding hydrogens is 268 g/mol. The topological polar surface area (TPSA) is 51.2 Å². The summed E-state index contributed by atoms with van der Waals surface area (Å²) in [5.41, 5.74) is 6.50. The number of halogens is 1. The zero-order chi connectivity index (χ0) is 11.8. The van der Waals surface area contributed by atoms with Crippen LogP contribution in [0.2, 0.25) is 0 Å². The van der Waals surface area contributed by atoms with Crippen LogP contribution in [0.25, 0.3) is 0 Å². The molecule has 0 aliphatic rings. The number of phenolic OH excluding ortho intramolecular Hbond substituents is 1. The van der Waals surface area contributed by atoms with Gasteiger partial charge in [0.15, 0.2) is 0 Å². The number of aromatic nitrogens is 1. The van der Waals surface area contributed by atoms with Crippen LogP contribution in [0.5, 0.6) is 5.75 Å². The van der Waals surface area contributed by atoms with Crippen molar-refractivity contribution in [2.45, 2.75) is 6.42 Å². The first-order chi connectivity index (χ1) is 7.72. The monoisotopic (exact) mass is 282 g/mol. The molecule has 0 unspecified atom stereocenters. The van der Waals surface area contributed by atoms with E-state index in [-0.39, 0.29) is 0 Å². The number of aromatic hydroxyl groups is 1. The Morgan fingerprint density at radius 1 is 1.12 bits per heavy atom. The van der Waals surface area contributed by atoms with Crippen LogP contribution >= 0.6 is 16.1 Å². The van der Waals surface area contributed by atoms with Gasteiger partial charge in [-0.15, -0.1) is 0 Å². The van der Waals surface area contributed by atoms with Gasteiger partial charge in [-0.1, -0.05) is 12.1 Å². The second kappa shape index (κ2) is 7.09. The van der Waals surface area contributed by atoms with Crippen molar-refractivity contribution in [3.8, 4) is 5.75 Å². The van der Waals surface area contributed by atoms with E-state index in [0.29, 0.717) is 12.3 Å². The van der Waals surface area contributed by atoms with Crippen LogP contribution in [0, 0.1) is 0 Å². The quantitative estimate of drug-likeness (QED) is 0.890. The Bertz CT molecular complexity index is 384. The van der Waals surface area contributed by atoms with Crippen molar-refractivity contribution in [1.29, 1.82) is 0 Å². The van der Waals surface area contributed by atoms with Gasteiger partial charge in [0.1, 0.15) is 5.75 Å². The van der Waals surface area contributed by atoms with Crippen molar-refractivity contribution >= 4 is 16.1 Å². The maximum absolute atomic E-state index is 8.89. The van der Waals surface area contributed by atoms with Crippen molar-refractivity contribution in [2.24, 2.45) is 5.73 Å². The van der Waals surface area contributed by atoms with E-state index in [1.165, 1.54) is 5.56 Å². The van der Waals surface area contributed by atoms with E-state index in [2.05, 4.69) is 16.1 Å². The van der Waals surface area contributed by atoms with Crippen molar-refractivity contribution in [1.82, 2.24) is 3.59 Å². The largest absolute Gasteiger partial charge is 0.508 e. The van der Waals surface area contributed by atoms with Crippen molar-refractivity contribution in [2.75, 3.05) is 6.54 Å². The first-order valence-electron chi connectivity index (χ1n) is 4.99. The van der Waals surface area contributed by atoms with Crippen LogP contribution in [0.3, 0.4) is 0 Å². The second-order valence-electron chi connectivity index (χ2n) is 3.23. The van der Waals surface area contributed by atoms with E-state index in [1.54, 1.807) is 12.1 Å². The summed E-state index contributed by atoms with van der Waals surface area (Å²) in [6, 6.07) is 11.0. The Kier molecular flexibility index (Phi) is 5.67. The van der Waals surface area contributed by atoms with Crippen LogP contribution in [-0.4, -0.2) is 15.2 Å². The third-order valence-corrected chi connectivity index (χ3v) is 2.41. The summed E-state index contributed by atoms with van der Waals surface area (Å²) in [6.45, 7) is 0.658. The lowest BCUT2D eigenvalue weighted by Gasteiger charge is -1.96. The molecule has 0 spiro atoms. The number of benzene rings is 1. The smallest absolute Gasteiger partial charge is 0.115 e. The number of nitrogens with zero attached hydrogens (tertiary/aromatic N) is 1. The molecule has 3 N–H and O–H groups in total. The minimum Gasteiger partial charge on any atom is -0.508 e. The molecule has 0 radical (unpaired) electrons. The molecule has 16 heavy (non-hydrogen) atoms. The summed E-state index contributed by atoms with van der Waals surface area (Å²) in [6.07, 6.45) is 4.71. The van der Waals surface area contributed by atoms with Crippen molar-refractivity contribution in [3.05, 3.63) is 54.4 Å². The molecule has 4 heteroatoms. The third-order valence-electron chi connectivity index (χ3n) is 1.94. The highest BCUT2D eigenvalue weighted by molar-refractivity contribution is 9.08. The first kappa shape index (κ1) is 12.8. The summed E-state index contributed by atoms with van der Waals surface area (Å²) >= 11 is 3.20. The molecule has 0 aliphatic carbocycles. The number of rotatable bonds is 2. The van der Waals surface area contributed by atoms with Crippen molar-refractivity contribution < 1.29 is 5.11 Å². The summed E-state index contributed by atoms with van der Waals surface area (Å²) < 4.78 is 1.81. The predicted octanol–water partition coefficient (Wildman–Crippen LogP) is 2.54. The molecule has 3 nitrogen and oxygen atoms in total. The van der Waals surface area contributed by atoms with Gasteiger partial charge in [0, 0.05) is 12.4 Å². The molecule has 2 aromatic rings. The standard InChI is InChI=1S/C8H11NO.C4H4BrN/c9-6-5-7-1-3-8(10)4-2-7;5-6-3-1-2-4-6/h1-4,10H,5-6,9H2;1-4H. The highest BCUT2D eigenvalue weighted by Gasteiger charge is 1.89. The maximum atomic E-state index is 8.89. The van der Waals surface area contributed by atoms with Crippen LogP contribution in [-0.2, 0) is 6.42 Å². The molecule has 1 aromatic carbocycles. The summed E-state index contributed by atoms with van der Waals surface area (Å²) in [4.78, 5) is 0. The molecule has 1 heterocycles. The zero-order valence-corrected chi connectivity index (χ0v) is 10.5. The minimum atomic E-state index is 0.306. The Hall–Kier alpha value is -1.26. The van der Waals surface area contributed by atoms with E-state index < -0.39 is 0 Å². The maximum Gasteiger partial charge on any atom is 0.115 e. The molecule has 1 aromatic heterocycles. The van der Waals surface area contributed by atoms with E-state index in [1.807, 2.05) is 40.3 Å². The number of phenols is 1. The van der Waals surface area contributed by atoms with Gasteiger partial charge in [-0.2, -0.15) is 0 Å². The van der Waals surface area contributed by atoms with Gasteiger partial charge in [-0.05, 0) is 42.8 Å². The lowest BCUT2D eigenvalue weighted by Crippen LogP contribution is -2.01. The van der Waals surface area contributed by atoms with Gasteiger partial charge < -0.3 is 10.8 Å². The highest BCUT2D eigenvalue weighted by Crippen LogP contribution is 2.09. The molecule has 0 saturated heterocycles. The number of hydrogen-bond acceptors (Lipinski definition) is 2. The predicted molar refractivity (Wildman–Crippen MR) is 69.6 cm³/mol. The SMILES string of the molecule is Brn1cccc1.NCCc1ccc(O)cc1. The van der Waals surface area contributed by atoms with Crippen LogP contribution < -0.4 is 5.73 Å². The van der Waals surface area contributed by atoms with Crippen LogP contribution in [0.4, 0.5) is 0 Å². The summed E-state index contributed by atoms with van der Waals surface area (Å²) in [5, 5.41) is 8.89. The van der Waals surface area contributed by atoms with Gasteiger partial charge in [0.2, 0.25) is 0 Å². The molecule has 0 fully saturated rings. The van der Waals surface area contributed by atoms with E-state index in [0.717, 1.165) is 6.42 Å². The Balaban J connectivity index is 0.000000181. The minimum absolute atomic E-state index is 0.306. The van der Waals surface area contributed by atoms with Gasteiger partial charge in [-0.3, -0.25) is 3.59 Å².